The number of phenols is 1. The van der Waals surface area contributed by atoms with Crippen molar-refractivity contribution in [3.05, 3.63) is 23.3 Å². The number of aromatic hydroxyl groups is 1. The lowest BCUT2D eigenvalue weighted by Gasteiger charge is -2.15. The molecule has 1 rings (SSSR count). The van der Waals surface area contributed by atoms with Gasteiger partial charge in [-0.25, -0.2) is 4.79 Å². The minimum absolute atomic E-state index is 0.000472. The van der Waals surface area contributed by atoms with Gasteiger partial charge in [-0.3, -0.25) is 4.79 Å². The third kappa shape index (κ3) is 6.77. The van der Waals surface area contributed by atoms with Gasteiger partial charge in [-0.2, -0.15) is 0 Å². The summed E-state index contributed by atoms with van der Waals surface area (Å²) in [6.45, 7) is 4.54. The minimum atomic E-state index is -1.19. The average Bonchev–Trinajstić information content (AvgIpc) is 2.58. The van der Waals surface area contributed by atoms with Crippen molar-refractivity contribution in [1.29, 1.82) is 0 Å². The fourth-order valence-electron chi connectivity index (χ4n) is 2.71. The van der Waals surface area contributed by atoms with Crippen LogP contribution in [0.3, 0.4) is 0 Å². The summed E-state index contributed by atoms with van der Waals surface area (Å²) in [5.41, 5.74) is -0.110. The van der Waals surface area contributed by atoms with Crippen molar-refractivity contribution < 1.29 is 24.5 Å². The van der Waals surface area contributed by atoms with Crippen LogP contribution in [0.15, 0.2) is 12.1 Å². The number of aromatic carboxylic acids is 1. The van der Waals surface area contributed by atoms with Crippen molar-refractivity contribution in [2.75, 3.05) is 6.61 Å². The van der Waals surface area contributed by atoms with E-state index in [1.165, 1.54) is 12.1 Å². The maximum Gasteiger partial charge on any atom is 0.336 e. The maximum atomic E-state index is 12.6. The summed E-state index contributed by atoms with van der Waals surface area (Å²) in [6.07, 6.45) is 8.02. The highest BCUT2D eigenvalue weighted by atomic mass is 16.5. The fraction of sp³-hybridized carbons (Fsp3) is 0.600. The molecule has 0 heterocycles. The van der Waals surface area contributed by atoms with Crippen molar-refractivity contribution in [2.24, 2.45) is 0 Å². The van der Waals surface area contributed by atoms with Gasteiger partial charge in [0.1, 0.15) is 0 Å². The molecule has 0 unspecified atom stereocenters. The number of ether oxygens (including phenoxy) is 1. The first-order chi connectivity index (χ1) is 12.0. The molecule has 0 fully saturated rings. The number of Topliss-reactive ketones (excluding diaryl/α,β-unsaturated/α-hetero) is 1. The van der Waals surface area contributed by atoms with E-state index in [0.29, 0.717) is 13.0 Å². The summed E-state index contributed by atoms with van der Waals surface area (Å²) in [6, 6.07) is 2.54. The monoisotopic (exact) mass is 350 g/mol. The first kappa shape index (κ1) is 21.0. The van der Waals surface area contributed by atoms with Crippen LogP contribution in [0.5, 0.6) is 11.5 Å². The molecule has 140 valence electrons. The van der Waals surface area contributed by atoms with Crippen molar-refractivity contribution >= 4 is 11.8 Å². The topological polar surface area (TPSA) is 83.8 Å². The molecular formula is C20H30O5. The Morgan fingerprint density at radius 2 is 1.60 bits per heavy atom. The number of benzene rings is 1. The molecule has 25 heavy (non-hydrogen) atoms. The lowest BCUT2D eigenvalue weighted by atomic mass is 9.97. The summed E-state index contributed by atoms with van der Waals surface area (Å²) in [5.74, 6) is -1.64. The molecule has 5 heteroatoms. The second-order valence-corrected chi connectivity index (χ2v) is 6.28. The van der Waals surface area contributed by atoms with Gasteiger partial charge in [0, 0.05) is 6.42 Å². The molecule has 0 aliphatic rings. The van der Waals surface area contributed by atoms with Crippen LogP contribution in [-0.4, -0.2) is 28.6 Å². The fourth-order valence-corrected chi connectivity index (χ4v) is 2.71. The van der Waals surface area contributed by atoms with Crippen LogP contribution in [0.2, 0.25) is 0 Å². The average molecular weight is 350 g/mol. The van der Waals surface area contributed by atoms with E-state index < -0.39 is 5.97 Å². The zero-order valence-corrected chi connectivity index (χ0v) is 15.3. The SMILES string of the molecule is CCCCCCCC(=O)c1c(C(=O)O)ccc(O)c1OCCCCC. The maximum absolute atomic E-state index is 12.6. The number of ketones is 1. The van der Waals surface area contributed by atoms with Crippen LogP contribution in [0.25, 0.3) is 0 Å². The molecule has 0 radical (unpaired) electrons. The van der Waals surface area contributed by atoms with Gasteiger partial charge < -0.3 is 14.9 Å². The van der Waals surface area contributed by atoms with E-state index in [9.17, 15) is 19.8 Å². The molecular weight excluding hydrogens is 320 g/mol. The van der Waals surface area contributed by atoms with Crippen molar-refractivity contribution in [3.63, 3.8) is 0 Å². The van der Waals surface area contributed by atoms with Gasteiger partial charge in [-0.05, 0) is 25.0 Å². The van der Waals surface area contributed by atoms with Gasteiger partial charge in [0.25, 0.3) is 0 Å². The second kappa shape index (κ2) is 11.5. The molecule has 5 nitrogen and oxygen atoms in total. The first-order valence-electron chi connectivity index (χ1n) is 9.28. The molecule has 0 saturated heterocycles. The number of carboxylic acid groups (broad SMARTS) is 1. The van der Waals surface area contributed by atoms with Crippen LogP contribution in [0, 0.1) is 0 Å². The number of carbonyl (C=O) groups excluding carboxylic acids is 1. The Labute approximate surface area is 150 Å². The number of carbonyl (C=O) groups is 2. The Bertz CT molecular complexity index is 565. The Kier molecular flexibility index (Phi) is 9.66. The summed E-state index contributed by atoms with van der Waals surface area (Å²) in [7, 11) is 0. The number of carboxylic acids is 1. The third-order valence-electron chi connectivity index (χ3n) is 4.15. The van der Waals surface area contributed by atoms with Gasteiger partial charge in [0.05, 0.1) is 17.7 Å². The van der Waals surface area contributed by atoms with Crippen molar-refractivity contribution in [1.82, 2.24) is 0 Å². The predicted molar refractivity (Wildman–Crippen MR) is 97.8 cm³/mol. The van der Waals surface area contributed by atoms with Gasteiger partial charge in [-0.1, -0.05) is 52.4 Å². The highest BCUT2D eigenvalue weighted by Gasteiger charge is 2.24. The summed E-state index contributed by atoms with van der Waals surface area (Å²) in [5, 5.41) is 19.5. The zero-order chi connectivity index (χ0) is 18.7. The standard InChI is InChI=1S/C20H30O5/c1-3-5-7-8-9-11-16(21)18-15(20(23)24)12-13-17(22)19(18)25-14-10-6-4-2/h12-13,22H,3-11,14H2,1-2H3,(H,23,24). The highest BCUT2D eigenvalue weighted by Crippen LogP contribution is 2.34. The number of unbranched alkanes of at least 4 members (excludes halogenated alkanes) is 6. The highest BCUT2D eigenvalue weighted by molar-refractivity contribution is 6.08. The Hall–Kier alpha value is -2.04. The summed E-state index contributed by atoms with van der Waals surface area (Å²) < 4.78 is 5.59. The zero-order valence-electron chi connectivity index (χ0n) is 15.3. The van der Waals surface area contributed by atoms with Crippen LogP contribution in [-0.2, 0) is 0 Å². The van der Waals surface area contributed by atoms with Gasteiger partial charge in [-0.15, -0.1) is 0 Å². The van der Waals surface area contributed by atoms with Gasteiger partial charge in [0.15, 0.2) is 17.3 Å². The van der Waals surface area contributed by atoms with Crippen LogP contribution < -0.4 is 4.74 Å². The normalized spacial score (nSPS) is 10.6. The third-order valence-corrected chi connectivity index (χ3v) is 4.15. The number of hydrogen-bond donors (Lipinski definition) is 2. The minimum Gasteiger partial charge on any atom is -0.504 e. The van der Waals surface area contributed by atoms with Crippen LogP contribution in [0.4, 0.5) is 0 Å². The molecule has 2 N–H and O–H groups in total. The molecule has 0 aliphatic carbocycles. The quantitative estimate of drug-likeness (QED) is 0.377. The predicted octanol–water partition coefficient (Wildman–Crippen LogP) is 5.20. The van der Waals surface area contributed by atoms with Crippen LogP contribution >= 0.6 is 0 Å². The number of hydrogen-bond acceptors (Lipinski definition) is 4. The Balaban J connectivity index is 2.92. The molecule has 0 amide bonds. The van der Waals surface area contributed by atoms with E-state index in [1.54, 1.807) is 0 Å². The van der Waals surface area contributed by atoms with E-state index in [4.69, 9.17) is 4.74 Å². The molecule has 0 bridgehead atoms. The van der Waals surface area contributed by atoms with E-state index in [-0.39, 0.29) is 34.8 Å². The molecule has 0 aromatic heterocycles. The van der Waals surface area contributed by atoms with E-state index in [1.807, 2.05) is 0 Å². The summed E-state index contributed by atoms with van der Waals surface area (Å²) in [4.78, 5) is 24.1. The second-order valence-electron chi connectivity index (χ2n) is 6.28. The molecule has 1 aromatic rings. The molecule has 1 aromatic carbocycles. The first-order valence-corrected chi connectivity index (χ1v) is 9.28. The molecule has 0 atom stereocenters. The number of phenolic OH excluding ortho intramolecular Hbond substituents is 1. The van der Waals surface area contributed by atoms with Crippen LogP contribution in [0.1, 0.15) is 92.4 Å². The van der Waals surface area contributed by atoms with Gasteiger partial charge >= 0.3 is 5.97 Å². The molecule has 0 spiro atoms. The van der Waals surface area contributed by atoms with E-state index >= 15 is 0 Å². The largest absolute Gasteiger partial charge is 0.504 e. The lowest BCUT2D eigenvalue weighted by molar-refractivity contribution is 0.0690. The van der Waals surface area contributed by atoms with E-state index in [2.05, 4.69) is 13.8 Å². The lowest BCUT2D eigenvalue weighted by Crippen LogP contribution is -2.12. The Morgan fingerprint density at radius 1 is 0.960 bits per heavy atom. The van der Waals surface area contributed by atoms with Crippen molar-refractivity contribution in [3.8, 4) is 11.5 Å². The molecule has 0 saturated carbocycles. The van der Waals surface area contributed by atoms with E-state index in [0.717, 1.165) is 44.9 Å². The number of rotatable bonds is 13. The van der Waals surface area contributed by atoms with Gasteiger partial charge in [0.2, 0.25) is 0 Å². The Morgan fingerprint density at radius 3 is 2.24 bits per heavy atom. The molecule has 0 aliphatic heterocycles. The van der Waals surface area contributed by atoms with Crippen molar-refractivity contribution in [2.45, 2.75) is 71.6 Å². The summed E-state index contributed by atoms with van der Waals surface area (Å²) >= 11 is 0. The smallest absolute Gasteiger partial charge is 0.336 e.